The third-order valence-electron chi connectivity index (χ3n) is 5.52. The predicted octanol–water partition coefficient (Wildman–Crippen LogP) is 5.36. The number of methoxy groups -OCH3 is 1. The highest BCUT2D eigenvalue weighted by Crippen LogP contribution is 2.21. The summed E-state index contributed by atoms with van der Waals surface area (Å²) in [7, 11) is 1.64. The lowest BCUT2D eigenvalue weighted by atomic mass is 10.0. The Kier molecular flexibility index (Phi) is 10.5. The number of hydrogen-bond donors (Lipinski definition) is 1. The quantitative estimate of drug-likeness (QED) is 0.356. The second-order valence-electron chi connectivity index (χ2n) is 8.09. The van der Waals surface area contributed by atoms with Crippen molar-refractivity contribution in [2.24, 2.45) is 0 Å². The van der Waals surface area contributed by atoms with E-state index in [9.17, 15) is 9.59 Å². The number of carbonyl (C=O) groups is 2. The lowest BCUT2D eigenvalue weighted by Gasteiger charge is -2.31. The van der Waals surface area contributed by atoms with Gasteiger partial charge in [0.25, 0.3) is 0 Å². The fourth-order valence-electron chi connectivity index (χ4n) is 3.74. The molecule has 0 aliphatic rings. The average molecular weight is 511 g/mol. The Morgan fingerprint density at radius 1 is 0.971 bits per heavy atom. The Balaban J connectivity index is 1.80. The predicted molar refractivity (Wildman–Crippen MR) is 144 cm³/mol. The molecule has 0 bridgehead atoms. The van der Waals surface area contributed by atoms with Gasteiger partial charge in [0.2, 0.25) is 11.8 Å². The lowest BCUT2D eigenvalue weighted by Crippen LogP contribution is -2.51. The fourth-order valence-corrected chi connectivity index (χ4v) is 4.82. The van der Waals surface area contributed by atoms with E-state index in [1.54, 1.807) is 18.1 Å². The molecule has 3 rings (SSSR count). The molecule has 35 heavy (non-hydrogen) atoms. The molecular formula is C28H31ClN2O3S. The van der Waals surface area contributed by atoms with Crippen molar-refractivity contribution in [1.82, 2.24) is 10.2 Å². The molecule has 184 valence electrons. The van der Waals surface area contributed by atoms with Crippen LogP contribution in [0.2, 0.25) is 5.02 Å². The minimum Gasteiger partial charge on any atom is -0.497 e. The van der Waals surface area contributed by atoms with Crippen molar-refractivity contribution in [3.63, 3.8) is 0 Å². The van der Waals surface area contributed by atoms with Crippen molar-refractivity contribution in [3.05, 3.63) is 101 Å². The van der Waals surface area contributed by atoms with E-state index in [1.807, 2.05) is 79.7 Å². The van der Waals surface area contributed by atoms with Gasteiger partial charge < -0.3 is 15.0 Å². The second kappa shape index (κ2) is 13.8. The highest BCUT2D eigenvalue weighted by molar-refractivity contribution is 7.99. The van der Waals surface area contributed by atoms with E-state index >= 15 is 0 Å². The van der Waals surface area contributed by atoms with Crippen LogP contribution in [0.4, 0.5) is 0 Å². The number of halogens is 1. The van der Waals surface area contributed by atoms with Gasteiger partial charge in [-0.1, -0.05) is 66.2 Å². The van der Waals surface area contributed by atoms with Crippen LogP contribution in [-0.4, -0.2) is 42.2 Å². The summed E-state index contributed by atoms with van der Waals surface area (Å²) in [6, 6.07) is 24.4. The molecule has 0 aliphatic heterocycles. The number of hydrogen-bond acceptors (Lipinski definition) is 4. The summed E-state index contributed by atoms with van der Waals surface area (Å²) in [6.07, 6.45) is 0.433. The molecule has 3 aromatic carbocycles. The van der Waals surface area contributed by atoms with Gasteiger partial charge in [0.15, 0.2) is 0 Å². The first-order valence-corrected chi connectivity index (χ1v) is 13.1. The summed E-state index contributed by atoms with van der Waals surface area (Å²) in [4.78, 5) is 28.4. The molecule has 3 aromatic rings. The van der Waals surface area contributed by atoms with Crippen molar-refractivity contribution in [2.75, 3.05) is 19.4 Å². The molecule has 2 amide bonds. The lowest BCUT2D eigenvalue weighted by molar-refractivity contribution is -0.139. The van der Waals surface area contributed by atoms with Gasteiger partial charge in [0, 0.05) is 30.3 Å². The van der Waals surface area contributed by atoms with Crippen LogP contribution in [0.1, 0.15) is 23.6 Å². The fraction of sp³-hybridized carbons (Fsp3) is 0.286. The molecule has 0 saturated carbocycles. The molecule has 0 fully saturated rings. The van der Waals surface area contributed by atoms with Crippen LogP contribution in [0, 0.1) is 0 Å². The molecule has 0 aromatic heterocycles. The summed E-state index contributed by atoms with van der Waals surface area (Å²) >= 11 is 7.74. The zero-order valence-corrected chi connectivity index (χ0v) is 21.6. The SMILES string of the molecule is CCNC(=O)[C@@H](Cc1ccccc1)N(Cc1cccc(Cl)c1)C(=O)CSCc1ccc(OC)cc1. The monoisotopic (exact) mass is 510 g/mol. The number of nitrogens with one attached hydrogen (secondary N) is 1. The molecular weight excluding hydrogens is 480 g/mol. The smallest absolute Gasteiger partial charge is 0.243 e. The normalized spacial score (nSPS) is 11.5. The number of benzene rings is 3. The minimum atomic E-state index is -0.634. The van der Waals surface area contributed by atoms with Crippen molar-refractivity contribution in [1.29, 1.82) is 0 Å². The van der Waals surface area contributed by atoms with E-state index in [0.29, 0.717) is 30.3 Å². The number of ether oxygens (including phenoxy) is 1. The highest BCUT2D eigenvalue weighted by atomic mass is 35.5. The molecule has 0 spiro atoms. The van der Waals surface area contributed by atoms with Crippen LogP contribution >= 0.6 is 23.4 Å². The van der Waals surface area contributed by atoms with Gasteiger partial charge in [0.1, 0.15) is 11.8 Å². The van der Waals surface area contributed by atoms with Gasteiger partial charge in [-0.25, -0.2) is 0 Å². The van der Waals surface area contributed by atoms with E-state index in [2.05, 4.69) is 5.32 Å². The van der Waals surface area contributed by atoms with Crippen LogP contribution in [0.25, 0.3) is 0 Å². The number of amides is 2. The zero-order chi connectivity index (χ0) is 25.0. The minimum absolute atomic E-state index is 0.0873. The van der Waals surface area contributed by atoms with Crippen molar-refractivity contribution >= 4 is 35.2 Å². The van der Waals surface area contributed by atoms with Gasteiger partial charge in [-0.15, -0.1) is 11.8 Å². The van der Waals surface area contributed by atoms with Crippen molar-refractivity contribution < 1.29 is 14.3 Å². The first-order chi connectivity index (χ1) is 17.0. The molecule has 0 unspecified atom stereocenters. The number of rotatable bonds is 12. The Bertz CT molecular complexity index is 1090. The van der Waals surface area contributed by atoms with Gasteiger partial charge in [0.05, 0.1) is 12.9 Å². The summed E-state index contributed by atoms with van der Waals surface area (Å²) in [5.74, 6) is 1.50. The summed E-state index contributed by atoms with van der Waals surface area (Å²) < 4.78 is 5.21. The van der Waals surface area contributed by atoms with Gasteiger partial charge >= 0.3 is 0 Å². The highest BCUT2D eigenvalue weighted by Gasteiger charge is 2.30. The van der Waals surface area contributed by atoms with Crippen LogP contribution < -0.4 is 10.1 Å². The van der Waals surface area contributed by atoms with Gasteiger partial charge in [-0.2, -0.15) is 0 Å². The Hall–Kier alpha value is -2.96. The Morgan fingerprint density at radius 3 is 2.34 bits per heavy atom. The average Bonchev–Trinajstić information content (AvgIpc) is 2.87. The number of nitrogens with zero attached hydrogens (tertiary/aromatic N) is 1. The summed E-state index contributed by atoms with van der Waals surface area (Å²) in [6.45, 7) is 2.68. The number of carbonyl (C=O) groups excluding carboxylic acids is 2. The first-order valence-electron chi connectivity index (χ1n) is 11.6. The van der Waals surface area contributed by atoms with Crippen molar-refractivity contribution in [3.8, 4) is 5.75 Å². The Morgan fingerprint density at radius 2 is 1.69 bits per heavy atom. The maximum atomic E-state index is 13.5. The van der Waals surface area contributed by atoms with Crippen LogP contribution in [0.5, 0.6) is 5.75 Å². The molecule has 5 nitrogen and oxygen atoms in total. The molecule has 1 N–H and O–H groups in total. The summed E-state index contributed by atoms with van der Waals surface area (Å²) in [5, 5.41) is 3.51. The standard InChI is InChI=1S/C28H31ClN2O3S/c1-3-30-28(33)26(17-21-8-5-4-6-9-21)31(18-23-10-7-11-24(29)16-23)27(32)20-35-19-22-12-14-25(34-2)15-13-22/h4-16,26H,3,17-20H2,1-2H3,(H,30,33)/t26-/m1/s1. The van der Waals surface area contributed by atoms with Crippen LogP contribution in [0.15, 0.2) is 78.9 Å². The third-order valence-corrected chi connectivity index (χ3v) is 6.74. The van der Waals surface area contributed by atoms with E-state index < -0.39 is 6.04 Å². The molecule has 0 heterocycles. The van der Waals surface area contributed by atoms with E-state index in [1.165, 1.54) is 11.8 Å². The van der Waals surface area contributed by atoms with E-state index in [-0.39, 0.29) is 17.6 Å². The van der Waals surface area contributed by atoms with Gasteiger partial charge in [-0.3, -0.25) is 9.59 Å². The largest absolute Gasteiger partial charge is 0.497 e. The van der Waals surface area contributed by atoms with Gasteiger partial charge in [-0.05, 0) is 47.9 Å². The topological polar surface area (TPSA) is 58.6 Å². The molecule has 0 saturated heterocycles. The number of likely N-dealkylation sites (N-methyl/N-ethyl adjacent to an activating group) is 1. The molecule has 1 atom stereocenters. The summed E-state index contributed by atoms with van der Waals surface area (Å²) in [5.41, 5.74) is 2.99. The first kappa shape index (κ1) is 26.6. The van der Waals surface area contributed by atoms with Crippen LogP contribution in [0.3, 0.4) is 0 Å². The van der Waals surface area contributed by atoms with Crippen molar-refractivity contribution in [2.45, 2.75) is 31.7 Å². The third kappa shape index (κ3) is 8.34. The molecule has 0 aliphatic carbocycles. The zero-order valence-electron chi connectivity index (χ0n) is 20.1. The maximum absolute atomic E-state index is 13.5. The van der Waals surface area contributed by atoms with E-state index in [4.69, 9.17) is 16.3 Å². The van der Waals surface area contributed by atoms with E-state index in [0.717, 1.165) is 22.4 Å². The number of thioether (sulfide) groups is 1. The van der Waals surface area contributed by atoms with Crippen LogP contribution in [-0.2, 0) is 28.3 Å². The maximum Gasteiger partial charge on any atom is 0.243 e. The molecule has 7 heteroatoms. The Labute approximate surface area is 216 Å². The molecule has 0 radical (unpaired) electrons. The second-order valence-corrected chi connectivity index (χ2v) is 9.51.